The second kappa shape index (κ2) is 7.42. The second-order valence-corrected chi connectivity index (χ2v) is 4.03. The van der Waals surface area contributed by atoms with E-state index in [1.807, 2.05) is 0 Å². The Morgan fingerprint density at radius 1 is 1.28 bits per heavy atom. The van der Waals surface area contributed by atoms with Crippen molar-refractivity contribution >= 4 is 11.7 Å². The summed E-state index contributed by atoms with van der Waals surface area (Å²) in [6.07, 6.45) is 3.16. The number of esters is 1. The maximum atomic E-state index is 11.4. The first-order chi connectivity index (χ1) is 8.63. The third-order valence-electron chi connectivity index (χ3n) is 2.51. The third kappa shape index (κ3) is 4.95. The Balaban J connectivity index is 2.37. The van der Waals surface area contributed by atoms with Gasteiger partial charge in [-0.25, -0.2) is 0 Å². The van der Waals surface area contributed by atoms with Gasteiger partial charge in [-0.15, -0.1) is 0 Å². The van der Waals surface area contributed by atoms with E-state index >= 15 is 0 Å². The fourth-order valence-corrected chi connectivity index (χ4v) is 1.49. The highest BCUT2D eigenvalue weighted by atomic mass is 16.6. The molecular weight excluding hydrogens is 234 g/mol. The van der Waals surface area contributed by atoms with Gasteiger partial charge in [-0.2, -0.15) is 0 Å². The van der Waals surface area contributed by atoms with Crippen molar-refractivity contribution in [1.29, 1.82) is 0 Å². The molecule has 0 spiro atoms. The minimum atomic E-state index is -0.465. The average Bonchev–Trinajstić information content (AvgIpc) is 2.35. The van der Waals surface area contributed by atoms with E-state index in [1.165, 1.54) is 12.1 Å². The number of hydrogen-bond donors (Lipinski definition) is 0. The molecule has 0 N–H and O–H groups in total. The van der Waals surface area contributed by atoms with Crippen molar-refractivity contribution < 1.29 is 14.5 Å². The number of ether oxygens (including phenoxy) is 1. The van der Waals surface area contributed by atoms with Crippen LogP contribution in [0.1, 0.15) is 31.7 Å². The van der Waals surface area contributed by atoms with Crippen molar-refractivity contribution in [2.75, 3.05) is 6.61 Å². The number of rotatable bonds is 7. The Kier molecular flexibility index (Phi) is 5.84. The van der Waals surface area contributed by atoms with Crippen molar-refractivity contribution in [2.45, 2.75) is 32.6 Å². The largest absolute Gasteiger partial charge is 0.465 e. The summed E-state index contributed by atoms with van der Waals surface area (Å²) in [4.78, 5) is 21.4. The van der Waals surface area contributed by atoms with Gasteiger partial charge in [-0.3, -0.25) is 14.9 Å². The lowest BCUT2D eigenvalue weighted by molar-refractivity contribution is -0.384. The molecular formula is C13H17NO4. The molecule has 5 nitrogen and oxygen atoms in total. The summed E-state index contributed by atoms with van der Waals surface area (Å²) >= 11 is 0. The number of benzene rings is 1. The van der Waals surface area contributed by atoms with E-state index < -0.39 is 4.92 Å². The molecule has 0 amide bonds. The van der Waals surface area contributed by atoms with Gasteiger partial charge < -0.3 is 4.74 Å². The van der Waals surface area contributed by atoms with Crippen LogP contribution >= 0.6 is 0 Å². The Labute approximate surface area is 106 Å². The molecule has 1 aromatic carbocycles. The van der Waals surface area contributed by atoms with Gasteiger partial charge in [0.1, 0.15) is 0 Å². The normalized spacial score (nSPS) is 10.1. The van der Waals surface area contributed by atoms with E-state index in [0.717, 1.165) is 24.8 Å². The molecule has 1 aromatic rings. The smallest absolute Gasteiger partial charge is 0.310 e. The molecule has 1 rings (SSSR count). The molecule has 0 atom stereocenters. The number of nitro benzene ring substituents is 1. The standard InChI is InChI=1S/C13H17NO4/c1-2-3-4-9-18-13(15)10-11-5-7-12(8-6-11)14(16)17/h5-8H,2-4,9-10H2,1H3. The summed E-state index contributed by atoms with van der Waals surface area (Å²) < 4.78 is 5.05. The summed E-state index contributed by atoms with van der Waals surface area (Å²) in [5, 5.41) is 10.5. The van der Waals surface area contributed by atoms with E-state index in [1.54, 1.807) is 12.1 Å². The van der Waals surface area contributed by atoms with E-state index in [4.69, 9.17) is 4.74 Å². The Hall–Kier alpha value is -1.91. The van der Waals surface area contributed by atoms with Crippen molar-refractivity contribution in [1.82, 2.24) is 0 Å². The van der Waals surface area contributed by atoms with E-state index in [0.29, 0.717) is 6.61 Å². The van der Waals surface area contributed by atoms with Crippen LogP contribution in [0, 0.1) is 10.1 Å². The number of carbonyl (C=O) groups is 1. The Bertz CT molecular complexity index is 400. The van der Waals surface area contributed by atoms with E-state index in [-0.39, 0.29) is 18.1 Å². The predicted molar refractivity (Wildman–Crippen MR) is 67.3 cm³/mol. The lowest BCUT2D eigenvalue weighted by Crippen LogP contribution is -2.09. The van der Waals surface area contributed by atoms with Crippen molar-refractivity contribution in [3.63, 3.8) is 0 Å². The number of non-ortho nitro benzene ring substituents is 1. The fourth-order valence-electron chi connectivity index (χ4n) is 1.49. The second-order valence-electron chi connectivity index (χ2n) is 4.03. The molecule has 18 heavy (non-hydrogen) atoms. The van der Waals surface area contributed by atoms with Crippen LogP contribution in [0.5, 0.6) is 0 Å². The number of hydrogen-bond acceptors (Lipinski definition) is 4. The molecule has 0 saturated carbocycles. The molecule has 0 aliphatic carbocycles. The van der Waals surface area contributed by atoms with E-state index in [9.17, 15) is 14.9 Å². The van der Waals surface area contributed by atoms with Gasteiger partial charge in [0.25, 0.3) is 5.69 Å². The SMILES string of the molecule is CCCCCOC(=O)Cc1ccc([N+](=O)[O-])cc1. The molecule has 0 saturated heterocycles. The number of nitrogens with zero attached hydrogens (tertiary/aromatic N) is 1. The average molecular weight is 251 g/mol. The molecule has 0 radical (unpaired) electrons. The Morgan fingerprint density at radius 2 is 1.94 bits per heavy atom. The minimum absolute atomic E-state index is 0.0232. The van der Waals surface area contributed by atoms with Crippen molar-refractivity contribution in [2.24, 2.45) is 0 Å². The molecule has 0 bridgehead atoms. The van der Waals surface area contributed by atoms with Crippen LogP contribution in [0.25, 0.3) is 0 Å². The van der Waals surface area contributed by atoms with Gasteiger partial charge in [-0.1, -0.05) is 31.9 Å². The lowest BCUT2D eigenvalue weighted by Gasteiger charge is -2.04. The quantitative estimate of drug-likeness (QED) is 0.323. The van der Waals surface area contributed by atoms with Gasteiger partial charge in [-0.05, 0) is 12.0 Å². The maximum absolute atomic E-state index is 11.4. The zero-order valence-corrected chi connectivity index (χ0v) is 10.4. The van der Waals surface area contributed by atoms with Crippen LogP contribution in [-0.2, 0) is 16.0 Å². The van der Waals surface area contributed by atoms with Crippen LogP contribution in [0.3, 0.4) is 0 Å². The predicted octanol–water partition coefficient (Wildman–Crippen LogP) is 2.87. The van der Waals surface area contributed by atoms with Gasteiger partial charge in [0, 0.05) is 12.1 Å². The molecule has 98 valence electrons. The van der Waals surface area contributed by atoms with Gasteiger partial charge in [0.15, 0.2) is 0 Å². The van der Waals surface area contributed by atoms with Gasteiger partial charge in [0.05, 0.1) is 18.0 Å². The first-order valence-corrected chi connectivity index (χ1v) is 6.02. The highest BCUT2D eigenvalue weighted by Crippen LogP contribution is 2.12. The first kappa shape index (κ1) is 14.2. The maximum Gasteiger partial charge on any atom is 0.310 e. The molecule has 0 unspecified atom stereocenters. The van der Waals surface area contributed by atoms with Crippen molar-refractivity contribution in [3.8, 4) is 0 Å². The summed E-state index contributed by atoms with van der Waals surface area (Å²) in [5.74, 6) is -0.292. The first-order valence-electron chi connectivity index (χ1n) is 6.02. The third-order valence-corrected chi connectivity index (χ3v) is 2.51. The lowest BCUT2D eigenvalue weighted by atomic mass is 10.1. The van der Waals surface area contributed by atoms with Crippen LogP contribution in [0.2, 0.25) is 0 Å². The molecule has 0 fully saturated rings. The zero-order chi connectivity index (χ0) is 13.4. The number of unbranched alkanes of at least 4 members (excludes halogenated alkanes) is 2. The van der Waals surface area contributed by atoms with Crippen LogP contribution < -0.4 is 0 Å². The topological polar surface area (TPSA) is 69.4 Å². The molecule has 0 aliphatic heterocycles. The highest BCUT2D eigenvalue weighted by Gasteiger charge is 2.07. The molecule has 5 heteroatoms. The highest BCUT2D eigenvalue weighted by molar-refractivity contribution is 5.72. The van der Waals surface area contributed by atoms with Crippen molar-refractivity contribution in [3.05, 3.63) is 39.9 Å². The Morgan fingerprint density at radius 3 is 2.50 bits per heavy atom. The number of carbonyl (C=O) groups excluding carboxylic acids is 1. The number of nitro groups is 1. The van der Waals surface area contributed by atoms with E-state index in [2.05, 4.69) is 6.92 Å². The van der Waals surface area contributed by atoms with Gasteiger partial charge >= 0.3 is 5.97 Å². The molecule has 0 aliphatic rings. The minimum Gasteiger partial charge on any atom is -0.465 e. The summed E-state index contributed by atoms with van der Waals surface area (Å²) in [6.45, 7) is 2.53. The fraction of sp³-hybridized carbons (Fsp3) is 0.462. The molecule has 0 aromatic heterocycles. The zero-order valence-electron chi connectivity index (χ0n) is 10.4. The summed E-state index contributed by atoms with van der Waals surface area (Å²) in [6, 6.07) is 5.93. The van der Waals surface area contributed by atoms with Crippen LogP contribution in [0.4, 0.5) is 5.69 Å². The monoisotopic (exact) mass is 251 g/mol. The van der Waals surface area contributed by atoms with Crippen LogP contribution in [0.15, 0.2) is 24.3 Å². The van der Waals surface area contributed by atoms with Crippen LogP contribution in [-0.4, -0.2) is 17.5 Å². The molecule has 0 heterocycles. The van der Waals surface area contributed by atoms with Gasteiger partial charge in [0.2, 0.25) is 0 Å². The summed E-state index contributed by atoms with van der Waals surface area (Å²) in [7, 11) is 0. The summed E-state index contributed by atoms with van der Waals surface area (Å²) in [5.41, 5.74) is 0.746.